The van der Waals surface area contributed by atoms with Crippen LogP contribution >= 0.6 is 24.8 Å². The van der Waals surface area contributed by atoms with E-state index in [-0.39, 0.29) is 36.8 Å². The molecule has 0 spiro atoms. The number of hydrogen-bond acceptors (Lipinski definition) is 3. The molecular weight excluding hydrogens is 273 g/mol. The predicted octanol–water partition coefficient (Wildman–Crippen LogP) is 1.66. The summed E-state index contributed by atoms with van der Waals surface area (Å²) in [6.07, 6.45) is 0.747. The summed E-state index contributed by atoms with van der Waals surface area (Å²) in [5.74, 6) is 0.435. The molecule has 0 saturated heterocycles. The predicted molar refractivity (Wildman–Crippen MR) is 82.7 cm³/mol. The average Bonchev–Trinajstić information content (AvgIpc) is 2.23. The molecule has 0 rings (SSSR count). The summed E-state index contributed by atoms with van der Waals surface area (Å²) < 4.78 is 0. The molecule has 0 unspecified atom stereocenters. The number of halogens is 2. The van der Waals surface area contributed by atoms with Gasteiger partial charge in [-0.05, 0) is 25.4 Å². The van der Waals surface area contributed by atoms with Crippen LogP contribution in [0.1, 0.15) is 34.1 Å². The Balaban J connectivity index is -0.00000112. The first kappa shape index (κ1) is 23.1. The van der Waals surface area contributed by atoms with Crippen molar-refractivity contribution < 1.29 is 4.79 Å². The summed E-state index contributed by atoms with van der Waals surface area (Å²) in [4.78, 5) is 13.9. The van der Waals surface area contributed by atoms with Gasteiger partial charge in [-0.25, -0.2) is 0 Å². The van der Waals surface area contributed by atoms with Crippen molar-refractivity contribution in [1.82, 2.24) is 10.2 Å². The van der Waals surface area contributed by atoms with Gasteiger partial charge in [0.2, 0.25) is 5.91 Å². The lowest BCUT2D eigenvalue weighted by Gasteiger charge is -2.19. The lowest BCUT2D eigenvalue weighted by atomic mass is 10.0. The SMILES string of the molecule is CCN(CC)CCNC(=O)[C@@H](N)CC(C)C.Cl.Cl. The maximum Gasteiger partial charge on any atom is 0.236 e. The number of likely N-dealkylation sites (N-methyl/N-ethyl adjacent to an activating group) is 1. The molecule has 0 bridgehead atoms. The summed E-state index contributed by atoms with van der Waals surface area (Å²) in [6.45, 7) is 12.0. The Morgan fingerprint density at radius 2 is 1.72 bits per heavy atom. The number of carbonyl (C=O) groups excluding carboxylic acids is 1. The highest BCUT2D eigenvalue weighted by atomic mass is 35.5. The van der Waals surface area contributed by atoms with Crippen molar-refractivity contribution in [1.29, 1.82) is 0 Å². The highest BCUT2D eigenvalue weighted by Crippen LogP contribution is 2.02. The molecule has 0 aliphatic carbocycles. The third kappa shape index (κ3) is 11.1. The highest BCUT2D eigenvalue weighted by Gasteiger charge is 2.14. The lowest BCUT2D eigenvalue weighted by molar-refractivity contribution is -0.122. The van der Waals surface area contributed by atoms with Gasteiger partial charge in [0.25, 0.3) is 0 Å². The van der Waals surface area contributed by atoms with Crippen molar-refractivity contribution in [3.05, 3.63) is 0 Å². The standard InChI is InChI=1S/C12H27N3O.2ClH/c1-5-15(6-2)8-7-14-12(16)11(13)9-10(3)4;;/h10-11H,5-9,13H2,1-4H3,(H,14,16);2*1H/t11-;;/m0../s1. The van der Waals surface area contributed by atoms with Crippen LogP contribution in [0, 0.1) is 5.92 Å². The van der Waals surface area contributed by atoms with Crippen molar-refractivity contribution >= 4 is 30.7 Å². The monoisotopic (exact) mass is 301 g/mol. The van der Waals surface area contributed by atoms with E-state index in [1.165, 1.54) is 0 Å². The summed E-state index contributed by atoms with van der Waals surface area (Å²) in [6, 6.07) is -0.364. The quantitative estimate of drug-likeness (QED) is 0.717. The average molecular weight is 302 g/mol. The van der Waals surface area contributed by atoms with E-state index in [1.807, 2.05) is 0 Å². The highest BCUT2D eigenvalue weighted by molar-refractivity contribution is 5.85. The largest absolute Gasteiger partial charge is 0.353 e. The molecule has 0 aromatic carbocycles. The summed E-state index contributed by atoms with van der Waals surface area (Å²) in [5.41, 5.74) is 5.77. The van der Waals surface area contributed by atoms with Gasteiger partial charge in [-0.15, -0.1) is 24.8 Å². The Morgan fingerprint density at radius 3 is 2.11 bits per heavy atom. The van der Waals surface area contributed by atoms with Gasteiger partial charge in [-0.2, -0.15) is 0 Å². The van der Waals surface area contributed by atoms with Gasteiger partial charge in [0.05, 0.1) is 6.04 Å². The van der Waals surface area contributed by atoms with Gasteiger partial charge in [0, 0.05) is 13.1 Å². The van der Waals surface area contributed by atoms with E-state index in [9.17, 15) is 4.79 Å². The summed E-state index contributed by atoms with van der Waals surface area (Å²) >= 11 is 0. The molecule has 0 aliphatic heterocycles. The van der Waals surface area contributed by atoms with Gasteiger partial charge < -0.3 is 16.0 Å². The number of nitrogens with two attached hydrogens (primary N) is 1. The van der Waals surface area contributed by atoms with E-state index >= 15 is 0 Å². The Hall–Kier alpha value is -0.0300. The second kappa shape index (κ2) is 13.4. The maximum atomic E-state index is 11.6. The number of amides is 1. The second-order valence-electron chi connectivity index (χ2n) is 4.55. The zero-order chi connectivity index (χ0) is 12.6. The van der Waals surface area contributed by atoms with E-state index in [0.29, 0.717) is 12.5 Å². The van der Waals surface area contributed by atoms with Crippen molar-refractivity contribution in [2.45, 2.75) is 40.2 Å². The maximum absolute atomic E-state index is 11.6. The molecule has 0 fully saturated rings. The first-order valence-electron chi connectivity index (χ1n) is 6.26. The van der Waals surface area contributed by atoms with E-state index in [1.54, 1.807) is 0 Å². The third-order valence-electron chi connectivity index (χ3n) is 2.68. The minimum absolute atomic E-state index is 0. The molecule has 0 radical (unpaired) electrons. The molecule has 1 amide bonds. The van der Waals surface area contributed by atoms with Crippen LogP contribution in [0.25, 0.3) is 0 Å². The van der Waals surface area contributed by atoms with Crippen molar-refractivity contribution in [2.24, 2.45) is 11.7 Å². The molecule has 0 heterocycles. The minimum atomic E-state index is -0.364. The molecule has 3 N–H and O–H groups in total. The molecule has 112 valence electrons. The molecule has 0 aromatic rings. The molecule has 0 saturated carbocycles. The van der Waals surface area contributed by atoms with E-state index < -0.39 is 0 Å². The number of hydrogen-bond donors (Lipinski definition) is 2. The zero-order valence-electron chi connectivity index (χ0n) is 11.9. The summed E-state index contributed by atoms with van der Waals surface area (Å²) in [5, 5.41) is 2.88. The van der Waals surface area contributed by atoms with E-state index in [4.69, 9.17) is 5.73 Å². The van der Waals surface area contributed by atoms with Crippen LogP contribution in [0.15, 0.2) is 0 Å². The molecular formula is C12H29Cl2N3O. The molecule has 6 heteroatoms. The first-order valence-corrected chi connectivity index (χ1v) is 6.26. The number of nitrogens with zero attached hydrogens (tertiary/aromatic N) is 1. The molecule has 1 atom stereocenters. The summed E-state index contributed by atoms with van der Waals surface area (Å²) in [7, 11) is 0. The Labute approximate surface area is 124 Å². The van der Waals surface area contributed by atoms with E-state index in [0.717, 1.165) is 26.1 Å². The Kier molecular flexibility index (Phi) is 17.2. The van der Waals surface area contributed by atoms with Crippen LogP contribution in [0.5, 0.6) is 0 Å². The van der Waals surface area contributed by atoms with Gasteiger partial charge in [0.15, 0.2) is 0 Å². The molecule has 4 nitrogen and oxygen atoms in total. The Bertz CT molecular complexity index is 200. The number of carbonyl (C=O) groups is 1. The lowest BCUT2D eigenvalue weighted by Crippen LogP contribution is -2.44. The van der Waals surface area contributed by atoms with Crippen LogP contribution < -0.4 is 11.1 Å². The zero-order valence-corrected chi connectivity index (χ0v) is 13.6. The van der Waals surface area contributed by atoms with E-state index in [2.05, 4.69) is 37.9 Å². The fourth-order valence-corrected chi connectivity index (χ4v) is 1.62. The topological polar surface area (TPSA) is 58.4 Å². The Morgan fingerprint density at radius 1 is 1.22 bits per heavy atom. The fraction of sp³-hybridized carbons (Fsp3) is 0.917. The van der Waals surface area contributed by atoms with Crippen LogP contribution in [0.4, 0.5) is 0 Å². The minimum Gasteiger partial charge on any atom is -0.353 e. The van der Waals surface area contributed by atoms with Crippen LogP contribution in [-0.2, 0) is 4.79 Å². The molecule has 0 aromatic heterocycles. The normalized spacial score (nSPS) is 11.7. The number of nitrogens with one attached hydrogen (secondary N) is 1. The van der Waals surface area contributed by atoms with Crippen LogP contribution in [0.3, 0.4) is 0 Å². The van der Waals surface area contributed by atoms with Crippen LogP contribution in [-0.4, -0.2) is 43.0 Å². The smallest absolute Gasteiger partial charge is 0.236 e. The van der Waals surface area contributed by atoms with Crippen molar-refractivity contribution in [3.8, 4) is 0 Å². The van der Waals surface area contributed by atoms with Gasteiger partial charge in [-0.1, -0.05) is 27.7 Å². The van der Waals surface area contributed by atoms with Crippen LogP contribution in [0.2, 0.25) is 0 Å². The van der Waals surface area contributed by atoms with Crippen molar-refractivity contribution in [2.75, 3.05) is 26.2 Å². The molecule has 18 heavy (non-hydrogen) atoms. The number of rotatable bonds is 8. The van der Waals surface area contributed by atoms with Gasteiger partial charge in [0.1, 0.15) is 0 Å². The van der Waals surface area contributed by atoms with Crippen molar-refractivity contribution in [3.63, 3.8) is 0 Å². The fourth-order valence-electron chi connectivity index (χ4n) is 1.62. The third-order valence-corrected chi connectivity index (χ3v) is 2.68. The second-order valence-corrected chi connectivity index (χ2v) is 4.55. The van der Waals surface area contributed by atoms with Gasteiger partial charge in [-0.3, -0.25) is 4.79 Å². The van der Waals surface area contributed by atoms with Gasteiger partial charge >= 0.3 is 0 Å². The molecule has 0 aliphatic rings. The first-order chi connectivity index (χ1) is 7.51.